The molecule has 2 saturated heterocycles. The van der Waals surface area contributed by atoms with Crippen molar-refractivity contribution in [3.05, 3.63) is 0 Å². The van der Waals surface area contributed by atoms with Gasteiger partial charge in [0, 0.05) is 15.7 Å². The molecular formula is C15H26O4Si. The highest BCUT2D eigenvalue weighted by Gasteiger charge is 2.54. The quantitative estimate of drug-likeness (QED) is 0.480. The Kier molecular flexibility index (Phi) is 3.67. The van der Waals surface area contributed by atoms with Crippen LogP contribution in [0.5, 0.6) is 0 Å². The van der Waals surface area contributed by atoms with Gasteiger partial charge in [0.2, 0.25) is 0 Å². The number of hydrogen-bond acceptors (Lipinski definition) is 4. The first kappa shape index (κ1) is 13.7. The van der Waals surface area contributed by atoms with Gasteiger partial charge in [0.25, 0.3) is 0 Å². The van der Waals surface area contributed by atoms with Crippen LogP contribution >= 0.6 is 0 Å². The monoisotopic (exact) mass is 298 g/mol. The van der Waals surface area contributed by atoms with Crippen molar-refractivity contribution in [1.29, 1.82) is 0 Å². The van der Waals surface area contributed by atoms with Crippen LogP contribution in [0.1, 0.15) is 19.3 Å². The summed E-state index contributed by atoms with van der Waals surface area (Å²) in [5.74, 6) is 1.78. The third-order valence-corrected chi connectivity index (χ3v) is 7.19. The van der Waals surface area contributed by atoms with Gasteiger partial charge in [0.15, 0.2) is 0 Å². The Morgan fingerprint density at radius 2 is 1.60 bits per heavy atom. The smallest absolute Gasteiger partial charge is 0.104 e. The van der Waals surface area contributed by atoms with Crippen molar-refractivity contribution in [3.63, 3.8) is 0 Å². The first-order chi connectivity index (χ1) is 9.75. The maximum Gasteiger partial charge on any atom is 0.104 e. The second-order valence-corrected chi connectivity index (χ2v) is 8.90. The fourth-order valence-corrected chi connectivity index (χ4v) is 5.40. The van der Waals surface area contributed by atoms with E-state index in [-0.39, 0.29) is 5.41 Å². The van der Waals surface area contributed by atoms with Crippen LogP contribution in [0.2, 0.25) is 5.54 Å². The number of hydrogen-bond donors (Lipinski definition) is 0. The molecule has 0 aromatic carbocycles. The first-order valence-electron chi connectivity index (χ1n) is 8.14. The molecule has 4 fully saturated rings. The van der Waals surface area contributed by atoms with Gasteiger partial charge in [-0.15, -0.1) is 0 Å². The molecule has 0 aromatic rings. The van der Waals surface area contributed by atoms with Crippen molar-refractivity contribution in [3.8, 4) is 0 Å². The van der Waals surface area contributed by atoms with Gasteiger partial charge < -0.3 is 18.9 Å². The summed E-state index contributed by atoms with van der Waals surface area (Å²) in [6.07, 6.45) is 4.91. The zero-order valence-corrected chi connectivity index (χ0v) is 14.4. The van der Waals surface area contributed by atoms with Gasteiger partial charge in [-0.2, -0.15) is 0 Å². The molecule has 0 N–H and O–H groups in total. The molecule has 5 unspecified atom stereocenters. The molecule has 0 radical (unpaired) electrons. The fourth-order valence-electron chi connectivity index (χ4n) is 4.32. The average Bonchev–Trinajstić information content (AvgIpc) is 3.32. The van der Waals surface area contributed by atoms with Gasteiger partial charge in [-0.1, -0.05) is 5.54 Å². The van der Waals surface area contributed by atoms with E-state index in [1.165, 1.54) is 29.5 Å². The molecule has 0 amide bonds. The Balaban J connectivity index is 1.33. The van der Waals surface area contributed by atoms with Crippen LogP contribution in [-0.2, 0) is 18.9 Å². The molecule has 2 aliphatic heterocycles. The van der Waals surface area contributed by atoms with Gasteiger partial charge in [0.1, 0.15) is 12.2 Å². The summed E-state index contributed by atoms with van der Waals surface area (Å²) in [6, 6.07) is 0. The zero-order chi connectivity index (χ0) is 13.6. The normalized spacial score (nSPS) is 48.9. The molecule has 20 heavy (non-hydrogen) atoms. The molecule has 114 valence electrons. The van der Waals surface area contributed by atoms with E-state index in [2.05, 4.69) is 0 Å². The molecule has 4 rings (SSSR count). The lowest BCUT2D eigenvalue weighted by Gasteiger charge is -2.39. The topological polar surface area (TPSA) is 43.5 Å². The first-order valence-corrected chi connectivity index (χ1v) is 9.29. The van der Waals surface area contributed by atoms with Gasteiger partial charge in [-0.3, -0.25) is 0 Å². The summed E-state index contributed by atoms with van der Waals surface area (Å²) in [7, 11) is 1.36. The minimum atomic E-state index is 0.287. The van der Waals surface area contributed by atoms with Gasteiger partial charge >= 0.3 is 0 Å². The van der Waals surface area contributed by atoms with E-state index in [1.54, 1.807) is 0 Å². The maximum absolute atomic E-state index is 5.98. The maximum atomic E-state index is 5.98. The van der Waals surface area contributed by atoms with Crippen molar-refractivity contribution >= 4 is 10.2 Å². The minimum absolute atomic E-state index is 0.287. The summed E-state index contributed by atoms with van der Waals surface area (Å²) >= 11 is 0. The van der Waals surface area contributed by atoms with Crippen LogP contribution in [0.4, 0.5) is 0 Å². The largest absolute Gasteiger partial charge is 0.378 e. The molecule has 2 bridgehead atoms. The van der Waals surface area contributed by atoms with Crippen molar-refractivity contribution in [2.75, 3.05) is 39.6 Å². The Morgan fingerprint density at radius 3 is 2.00 bits per heavy atom. The summed E-state index contributed by atoms with van der Waals surface area (Å²) in [5.41, 5.74) is 1.32. The summed E-state index contributed by atoms with van der Waals surface area (Å²) in [5, 5.41) is 0. The van der Waals surface area contributed by atoms with Crippen LogP contribution in [0.3, 0.4) is 0 Å². The van der Waals surface area contributed by atoms with Crippen LogP contribution in [0, 0.1) is 17.3 Å². The lowest BCUT2D eigenvalue weighted by Crippen LogP contribution is -2.39. The molecule has 5 atom stereocenters. The highest BCUT2D eigenvalue weighted by atomic mass is 28.1. The van der Waals surface area contributed by atoms with E-state index in [0.717, 1.165) is 57.0 Å². The second kappa shape index (κ2) is 5.36. The lowest BCUT2D eigenvalue weighted by atomic mass is 9.74. The van der Waals surface area contributed by atoms with E-state index >= 15 is 0 Å². The van der Waals surface area contributed by atoms with E-state index in [4.69, 9.17) is 18.9 Å². The molecule has 2 heterocycles. The molecule has 2 aliphatic carbocycles. The van der Waals surface area contributed by atoms with Crippen LogP contribution in [0.25, 0.3) is 0 Å². The van der Waals surface area contributed by atoms with Gasteiger partial charge in [-0.25, -0.2) is 0 Å². The number of rotatable bonds is 8. The SMILES string of the molecule is [SiH3]C1CC2CC1CC2(COCC1CO1)COCC1CO1. The number of ether oxygens (including phenoxy) is 4. The molecule has 0 aromatic heterocycles. The molecule has 5 heteroatoms. The van der Waals surface area contributed by atoms with E-state index in [0.29, 0.717) is 12.2 Å². The predicted octanol–water partition coefficient (Wildman–Crippen LogP) is 0.387. The average molecular weight is 298 g/mol. The fraction of sp³-hybridized carbons (Fsp3) is 1.00. The highest BCUT2D eigenvalue weighted by Crippen LogP contribution is 2.60. The van der Waals surface area contributed by atoms with Crippen molar-refractivity contribution in [2.24, 2.45) is 17.3 Å². The van der Waals surface area contributed by atoms with E-state index < -0.39 is 0 Å². The highest BCUT2D eigenvalue weighted by molar-refractivity contribution is 6.12. The Morgan fingerprint density at radius 1 is 1.00 bits per heavy atom. The third kappa shape index (κ3) is 2.83. The third-order valence-electron chi connectivity index (χ3n) is 5.77. The van der Waals surface area contributed by atoms with Crippen molar-refractivity contribution in [2.45, 2.75) is 37.0 Å². The van der Waals surface area contributed by atoms with Gasteiger partial charge in [0.05, 0.1) is 39.6 Å². The second-order valence-electron chi connectivity index (χ2n) is 7.41. The standard InChI is InChI=1S/C15H26O4Si/c20-14-2-11-1-10(14)3-15(11,8-16-4-12-6-18-12)9-17-5-13-7-19-13/h10-14H,1-9H2,20H3. The predicted molar refractivity (Wildman–Crippen MR) is 78.1 cm³/mol. The summed E-state index contributed by atoms with van der Waals surface area (Å²) < 4.78 is 22.4. The van der Waals surface area contributed by atoms with Crippen molar-refractivity contribution in [1.82, 2.24) is 0 Å². The van der Waals surface area contributed by atoms with Crippen LogP contribution in [0.15, 0.2) is 0 Å². The minimum Gasteiger partial charge on any atom is -0.378 e. The van der Waals surface area contributed by atoms with E-state index in [9.17, 15) is 0 Å². The summed E-state index contributed by atoms with van der Waals surface area (Å²) in [4.78, 5) is 0. The molecule has 2 saturated carbocycles. The zero-order valence-electron chi connectivity index (χ0n) is 12.4. The van der Waals surface area contributed by atoms with Crippen LogP contribution < -0.4 is 0 Å². The molecule has 4 aliphatic rings. The lowest BCUT2D eigenvalue weighted by molar-refractivity contribution is -0.0569. The van der Waals surface area contributed by atoms with Crippen molar-refractivity contribution < 1.29 is 18.9 Å². The Hall–Kier alpha value is 0.0569. The number of fused-ring (bicyclic) bond motifs is 2. The Bertz CT molecular complexity index is 336. The van der Waals surface area contributed by atoms with Crippen LogP contribution in [-0.4, -0.2) is 62.1 Å². The Labute approximate surface area is 123 Å². The molecule has 4 nitrogen and oxygen atoms in total. The molecule has 0 spiro atoms. The van der Waals surface area contributed by atoms with E-state index in [1.807, 2.05) is 0 Å². The van der Waals surface area contributed by atoms with Gasteiger partial charge in [-0.05, 0) is 31.1 Å². The molecular weight excluding hydrogens is 272 g/mol. The number of epoxide rings is 2. The summed E-state index contributed by atoms with van der Waals surface area (Å²) in [6.45, 7) is 5.06.